The van der Waals surface area contributed by atoms with Gasteiger partial charge >= 0.3 is 0 Å². The average molecular weight is 355 g/mol. The first-order valence-electron chi connectivity index (χ1n) is 8.43. The van der Waals surface area contributed by atoms with E-state index in [-0.39, 0.29) is 23.7 Å². The second kappa shape index (κ2) is 8.04. The summed E-state index contributed by atoms with van der Waals surface area (Å²) in [7, 11) is 1.53. The third kappa shape index (κ3) is 4.85. The minimum Gasteiger partial charge on any atom is -0.497 e. The lowest BCUT2D eigenvalue weighted by molar-refractivity contribution is -0.118. The van der Waals surface area contributed by atoms with Crippen LogP contribution < -0.4 is 14.8 Å². The van der Waals surface area contributed by atoms with E-state index in [1.165, 1.54) is 14.0 Å². The largest absolute Gasteiger partial charge is 0.497 e. The van der Waals surface area contributed by atoms with E-state index >= 15 is 0 Å². The molecule has 0 spiro atoms. The molecule has 0 saturated heterocycles. The van der Waals surface area contributed by atoms with E-state index in [2.05, 4.69) is 26.1 Å². The van der Waals surface area contributed by atoms with E-state index in [1.807, 2.05) is 24.3 Å². The molecule has 2 aromatic carbocycles. The Balaban J connectivity index is 2.10. The fourth-order valence-corrected chi connectivity index (χ4v) is 2.61. The van der Waals surface area contributed by atoms with Crippen LogP contribution in [0.4, 0.5) is 5.69 Å². The molecule has 0 heterocycles. The fraction of sp³-hybridized carbons (Fsp3) is 0.333. The summed E-state index contributed by atoms with van der Waals surface area (Å²) >= 11 is 0. The van der Waals surface area contributed by atoms with Gasteiger partial charge in [-0.15, -0.1) is 0 Å². The van der Waals surface area contributed by atoms with E-state index < -0.39 is 0 Å². The second-order valence-corrected chi connectivity index (χ2v) is 7.05. The molecule has 26 heavy (non-hydrogen) atoms. The summed E-state index contributed by atoms with van der Waals surface area (Å²) in [6, 6.07) is 12.6. The Labute approximate surface area is 154 Å². The minimum atomic E-state index is -0.285. The van der Waals surface area contributed by atoms with E-state index in [4.69, 9.17) is 9.47 Å². The Kier molecular flexibility index (Phi) is 6.03. The van der Waals surface area contributed by atoms with Crippen LogP contribution in [-0.4, -0.2) is 25.4 Å². The number of carbonyl (C=O) groups is 2. The van der Waals surface area contributed by atoms with Gasteiger partial charge < -0.3 is 14.8 Å². The molecule has 5 nitrogen and oxygen atoms in total. The van der Waals surface area contributed by atoms with Crippen molar-refractivity contribution in [1.29, 1.82) is 0 Å². The molecule has 5 heteroatoms. The number of hydrogen-bond donors (Lipinski definition) is 1. The summed E-state index contributed by atoms with van der Waals surface area (Å²) in [5.41, 5.74) is 2.09. The van der Waals surface area contributed by atoms with Gasteiger partial charge in [0.15, 0.2) is 12.4 Å². The molecule has 0 fully saturated rings. The second-order valence-electron chi connectivity index (χ2n) is 7.05. The molecule has 0 aliphatic rings. The highest BCUT2D eigenvalue weighted by Gasteiger charge is 2.19. The third-order valence-corrected chi connectivity index (χ3v) is 3.93. The SMILES string of the molecule is COc1ccc(OCC(=O)Nc2ccccc2C(C)(C)C)c(C(C)=O)c1. The molecule has 2 rings (SSSR count). The first kappa shape index (κ1) is 19.5. The van der Waals surface area contributed by atoms with Gasteiger partial charge in [-0.3, -0.25) is 9.59 Å². The zero-order valence-electron chi connectivity index (χ0n) is 15.9. The van der Waals surface area contributed by atoms with Crippen LogP contribution in [-0.2, 0) is 10.2 Å². The molecule has 0 aromatic heterocycles. The first-order valence-corrected chi connectivity index (χ1v) is 8.43. The standard InChI is InChI=1S/C21H25NO4/c1-14(23)16-12-15(25-5)10-11-19(16)26-13-20(24)22-18-9-7-6-8-17(18)21(2,3)4/h6-12H,13H2,1-5H3,(H,22,24). The third-order valence-electron chi connectivity index (χ3n) is 3.93. The number of Topliss-reactive ketones (excluding diaryl/α,β-unsaturated/α-hetero) is 1. The maximum atomic E-state index is 12.3. The number of ether oxygens (including phenoxy) is 2. The fourth-order valence-electron chi connectivity index (χ4n) is 2.61. The first-order chi connectivity index (χ1) is 12.2. The number of ketones is 1. The molecular weight excluding hydrogens is 330 g/mol. The molecule has 0 radical (unpaired) electrons. The summed E-state index contributed by atoms with van der Waals surface area (Å²) in [5.74, 6) is 0.480. The number of rotatable bonds is 6. The van der Waals surface area contributed by atoms with Gasteiger partial charge in [0.25, 0.3) is 5.91 Å². The van der Waals surface area contributed by atoms with Crippen LogP contribution in [0.15, 0.2) is 42.5 Å². The quantitative estimate of drug-likeness (QED) is 0.788. The van der Waals surface area contributed by atoms with Gasteiger partial charge in [0, 0.05) is 5.69 Å². The summed E-state index contributed by atoms with van der Waals surface area (Å²) < 4.78 is 10.7. The van der Waals surface area contributed by atoms with Crippen molar-refractivity contribution in [3.63, 3.8) is 0 Å². The van der Waals surface area contributed by atoms with Gasteiger partial charge in [-0.25, -0.2) is 0 Å². The Bertz CT molecular complexity index is 806. The van der Waals surface area contributed by atoms with Crippen LogP contribution >= 0.6 is 0 Å². The van der Waals surface area contributed by atoms with Crippen molar-refractivity contribution in [1.82, 2.24) is 0 Å². The Morgan fingerprint density at radius 1 is 1.08 bits per heavy atom. The zero-order valence-corrected chi connectivity index (χ0v) is 15.9. The summed E-state index contributed by atoms with van der Waals surface area (Å²) in [4.78, 5) is 24.1. The Hall–Kier alpha value is -2.82. The number of hydrogen-bond acceptors (Lipinski definition) is 4. The highest BCUT2D eigenvalue weighted by Crippen LogP contribution is 2.29. The molecule has 0 unspecified atom stereocenters. The van der Waals surface area contributed by atoms with Gasteiger partial charge in [-0.05, 0) is 42.2 Å². The number of methoxy groups -OCH3 is 1. The molecule has 1 amide bonds. The summed E-state index contributed by atoms with van der Waals surface area (Å²) in [6.45, 7) is 7.52. The van der Waals surface area contributed by atoms with Gasteiger partial charge in [0.1, 0.15) is 11.5 Å². The minimum absolute atomic E-state index is 0.0947. The van der Waals surface area contributed by atoms with E-state index in [9.17, 15) is 9.59 Å². The predicted molar refractivity (Wildman–Crippen MR) is 102 cm³/mol. The molecule has 2 aromatic rings. The number of anilines is 1. The number of carbonyl (C=O) groups excluding carboxylic acids is 2. The molecule has 138 valence electrons. The van der Waals surface area contributed by atoms with Crippen molar-refractivity contribution in [3.05, 3.63) is 53.6 Å². The van der Waals surface area contributed by atoms with Crippen molar-refractivity contribution in [2.45, 2.75) is 33.1 Å². The molecule has 0 saturated carbocycles. The van der Waals surface area contributed by atoms with Crippen LogP contribution in [0.5, 0.6) is 11.5 Å². The molecule has 0 atom stereocenters. The molecule has 0 aliphatic carbocycles. The van der Waals surface area contributed by atoms with Crippen molar-refractivity contribution in [3.8, 4) is 11.5 Å². The number of benzene rings is 2. The smallest absolute Gasteiger partial charge is 0.262 e. The molecule has 1 N–H and O–H groups in total. The van der Waals surface area contributed by atoms with Crippen LogP contribution in [0.3, 0.4) is 0 Å². The van der Waals surface area contributed by atoms with Gasteiger partial charge in [-0.2, -0.15) is 0 Å². The lowest BCUT2D eigenvalue weighted by atomic mass is 9.86. The highest BCUT2D eigenvalue weighted by molar-refractivity contribution is 5.97. The van der Waals surface area contributed by atoms with Gasteiger partial charge in [-0.1, -0.05) is 39.0 Å². The van der Waals surface area contributed by atoms with Crippen LogP contribution in [0, 0.1) is 0 Å². The normalized spacial score (nSPS) is 11.0. The van der Waals surface area contributed by atoms with Crippen LogP contribution in [0.25, 0.3) is 0 Å². The lowest BCUT2D eigenvalue weighted by Gasteiger charge is -2.23. The predicted octanol–water partition coefficient (Wildman–Crippen LogP) is 4.21. The Morgan fingerprint density at radius 3 is 2.38 bits per heavy atom. The van der Waals surface area contributed by atoms with E-state index in [0.29, 0.717) is 17.1 Å². The maximum Gasteiger partial charge on any atom is 0.262 e. The summed E-state index contributed by atoms with van der Waals surface area (Å²) in [5, 5.41) is 2.89. The van der Waals surface area contributed by atoms with Gasteiger partial charge in [0.05, 0.1) is 12.7 Å². The highest BCUT2D eigenvalue weighted by atomic mass is 16.5. The van der Waals surface area contributed by atoms with Crippen LogP contribution in [0.2, 0.25) is 0 Å². The average Bonchev–Trinajstić information content (AvgIpc) is 2.59. The van der Waals surface area contributed by atoms with Crippen LogP contribution in [0.1, 0.15) is 43.6 Å². The van der Waals surface area contributed by atoms with Crippen molar-refractivity contribution in [2.75, 3.05) is 19.0 Å². The molecular formula is C21H25NO4. The van der Waals surface area contributed by atoms with Crippen molar-refractivity contribution < 1.29 is 19.1 Å². The molecule has 0 bridgehead atoms. The molecule has 0 aliphatic heterocycles. The van der Waals surface area contributed by atoms with Gasteiger partial charge in [0.2, 0.25) is 0 Å². The number of nitrogens with one attached hydrogen (secondary N) is 1. The number of amides is 1. The topological polar surface area (TPSA) is 64.6 Å². The summed E-state index contributed by atoms with van der Waals surface area (Å²) in [6.07, 6.45) is 0. The maximum absolute atomic E-state index is 12.3. The monoisotopic (exact) mass is 355 g/mol. The lowest BCUT2D eigenvalue weighted by Crippen LogP contribution is -2.23. The zero-order chi connectivity index (χ0) is 19.3. The number of para-hydroxylation sites is 1. The van der Waals surface area contributed by atoms with Crippen molar-refractivity contribution in [2.24, 2.45) is 0 Å². The van der Waals surface area contributed by atoms with E-state index in [0.717, 1.165) is 11.3 Å². The van der Waals surface area contributed by atoms with Crippen molar-refractivity contribution >= 4 is 17.4 Å². The van der Waals surface area contributed by atoms with E-state index in [1.54, 1.807) is 18.2 Å². The Morgan fingerprint density at radius 2 is 1.77 bits per heavy atom.